The molecule has 0 atom stereocenters. The molecule has 0 heterocycles. The minimum absolute atomic E-state index is 0.0761. The Morgan fingerprint density at radius 3 is 2.30 bits per heavy atom. The number of amides is 1. The van der Waals surface area contributed by atoms with Crippen LogP contribution in [0.5, 0.6) is 0 Å². The van der Waals surface area contributed by atoms with Crippen molar-refractivity contribution >= 4 is 35.1 Å². The van der Waals surface area contributed by atoms with E-state index in [0.717, 1.165) is 0 Å². The van der Waals surface area contributed by atoms with E-state index >= 15 is 0 Å². The Bertz CT molecular complexity index is 714. The monoisotopic (exact) mass is 309 g/mol. The largest absolute Gasteiger partial charge is 0.478 e. The number of halogens is 2. The van der Waals surface area contributed by atoms with Gasteiger partial charge in [0.05, 0.1) is 16.1 Å². The molecule has 0 spiro atoms. The van der Waals surface area contributed by atoms with Crippen LogP contribution >= 0.6 is 23.2 Å². The summed E-state index contributed by atoms with van der Waals surface area (Å²) in [6.07, 6.45) is 0. The lowest BCUT2D eigenvalue weighted by atomic mass is 9.98. The molecule has 0 unspecified atom stereocenters. The number of aromatic carboxylic acids is 1. The summed E-state index contributed by atoms with van der Waals surface area (Å²) in [5.74, 6) is -1.78. The third-order valence-corrected chi connectivity index (χ3v) is 3.32. The lowest BCUT2D eigenvalue weighted by Crippen LogP contribution is -2.11. The normalized spacial score (nSPS) is 10.3. The van der Waals surface area contributed by atoms with Crippen LogP contribution in [0, 0.1) is 0 Å². The molecule has 0 fully saturated rings. The van der Waals surface area contributed by atoms with Gasteiger partial charge < -0.3 is 10.8 Å². The zero-order chi connectivity index (χ0) is 14.9. The molecule has 0 saturated heterocycles. The average Bonchev–Trinajstić information content (AvgIpc) is 2.38. The predicted octanol–water partition coefficient (Wildman–Crippen LogP) is 3.46. The number of nitrogens with two attached hydrogens (primary N) is 1. The van der Waals surface area contributed by atoms with Gasteiger partial charge >= 0.3 is 5.97 Å². The van der Waals surface area contributed by atoms with E-state index in [0.29, 0.717) is 16.1 Å². The van der Waals surface area contributed by atoms with Crippen molar-refractivity contribution in [2.24, 2.45) is 5.73 Å². The lowest BCUT2D eigenvalue weighted by Gasteiger charge is -2.09. The summed E-state index contributed by atoms with van der Waals surface area (Å²) in [6.45, 7) is 0. The van der Waals surface area contributed by atoms with Crippen molar-refractivity contribution in [3.8, 4) is 11.1 Å². The zero-order valence-electron chi connectivity index (χ0n) is 10.1. The second-order valence-electron chi connectivity index (χ2n) is 4.05. The van der Waals surface area contributed by atoms with Crippen molar-refractivity contribution in [1.82, 2.24) is 0 Å². The van der Waals surface area contributed by atoms with E-state index in [-0.39, 0.29) is 16.1 Å². The van der Waals surface area contributed by atoms with Crippen molar-refractivity contribution in [3.63, 3.8) is 0 Å². The molecule has 0 saturated carbocycles. The highest BCUT2D eigenvalue weighted by atomic mass is 35.5. The summed E-state index contributed by atoms with van der Waals surface area (Å²) in [4.78, 5) is 22.5. The summed E-state index contributed by atoms with van der Waals surface area (Å²) < 4.78 is 0. The standard InChI is InChI=1S/C14H9Cl2NO3/c15-8-2-3-9(14(19)20)10(6-8)7-1-4-12(16)11(5-7)13(17)18/h1-6H,(H2,17,18)(H,19,20). The first-order chi connectivity index (χ1) is 9.40. The molecule has 20 heavy (non-hydrogen) atoms. The van der Waals surface area contributed by atoms with Gasteiger partial charge in [0.2, 0.25) is 5.91 Å². The molecule has 6 heteroatoms. The van der Waals surface area contributed by atoms with Gasteiger partial charge in [-0.2, -0.15) is 0 Å². The number of hydrogen-bond acceptors (Lipinski definition) is 2. The number of carbonyl (C=O) groups excluding carboxylic acids is 1. The maximum absolute atomic E-state index is 11.3. The second kappa shape index (κ2) is 5.53. The van der Waals surface area contributed by atoms with E-state index in [9.17, 15) is 14.7 Å². The van der Waals surface area contributed by atoms with E-state index in [1.165, 1.54) is 30.3 Å². The summed E-state index contributed by atoms with van der Waals surface area (Å²) in [5.41, 5.74) is 6.32. The molecule has 2 rings (SSSR count). The number of carboxylic acid groups (broad SMARTS) is 1. The van der Waals surface area contributed by atoms with E-state index < -0.39 is 11.9 Å². The predicted molar refractivity (Wildman–Crippen MR) is 77.4 cm³/mol. The van der Waals surface area contributed by atoms with Crippen molar-refractivity contribution in [1.29, 1.82) is 0 Å². The summed E-state index contributed by atoms with van der Waals surface area (Å²) in [6, 6.07) is 8.94. The van der Waals surface area contributed by atoms with Crippen LogP contribution in [0.15, 0.2) is 36.4 Å². The molecule has 2 aromatic carbocycles. The minimum atomic E-state index is -1.09. The maximum Gasteiger partial charge on any atom is 0.336 e. The highest BCUT2D eigenvalue weighted by Crippen LogP contribution is 2.30. The quantitative estimate of drug-likeness (QED) is 0.911. The van der Waals surface area contributed by atoms with E-state index in [1.54, 1.807) is 6.07 Å². The van der Waals surface area contributed by atoms with Gasteiger partial charge in [-0.1, -0.05) is 29.3 Å². The Labute approximate surface area is 124 Å². The van der Waals surface area contributed by atoms with Gasteiger partial charge in [0.15, 0.2) is 0 Å². The number of benzene rings is 2. The Kier molecular flexibility index (Phi) is 3.97. The van der Waals surface area contributed by atoms with Gasteiger partial charge in [-0.25, -0.2) is 4.79 Å². The molecule has 102 valence electrons. The van der Waals surface area contributed by atoms with Gasteiger partial charge in [-0.3, -0.25) is 4.79 Å². The number of primary amides is 1. The van der Waals surface area contributed by atoms with Crippen molar-refractivity contribution in [3.05, 3.63) is 57.6 Å². The molecule has 0 aliphatic heterocycles. The molecule has 2 aromatic rings. The van der Waals surface area contributed by atoms with Gasteiger partial charge in [-0.15, -0.1) is 0 Å². The molecular formula is C14H9Cl2NO3. The highest BCUT2D eigenvalue weighted by molar-refractivity contribution is 6.34. The third kappa shape index (κ3) is 2.76. The number of carbonyl (C=O) groups is 2. The van der Waals surface area contributed by atoms with Crippen LogP contribution in [-0.2, 0) is 0 Å². The SMILES string of the molecule is NC(=O)c1cc(-c2cc(Cl)ccc2C(=O)O)ccc1Cl. The molecular weight excluding hydrogens is 301 g/mol. The van der Waals surface area contributed by atoms with E-state index in [1.807, 2.05) is 0 Å². The van der Waals surface area contributed by atoms with Crippen LogP contribution in [0.3, 0.4) is 0 Å². The number of carboxylic acids is 1. The molecule has 0 aliphatic rings. The van der Waals surface area contributed by atoms with Crippen LogP contribution in [0.1, 0.15) is 20.7 Å². The highest BCUT2D eigenvalue weighted by Gasteiger charge is 2.15. The Balaban J connectivity index is 2.68. The molecule has 3 N–H and O–H groups in total. The first kappa shape index (κ1) is 14.4. The molecule has 0 aromatic heterocycles. The summed E-state index contributed by atoms with van der Waals surface area (Å²) in [5, 5.41) is 9.79. The lowest BCUT2D eigenvalue weighted by molar-refractivity contribution is 0.0697. The third-order valence-electron chi connectivity index (χ3n) is 2.75. The Morgan fingerprint density at radius 2 is 1.70 bits per heavy atom. The van der Waals surface area contributed by atoms with Crippen LogP contribution < -0.4 is 5.73 Å². The Hall–Kier alpha value is -2.04. The fourth-order valence-electron chi connectivity index (χ4n) is 1.82. The van der Waals surface area contributed by atoms with Crippen molar-refractivity contribution < 1.29 is 14.7 Å². The van der Waals surface area contributed by atoms with Crippen LogP contribution in [0.2, 0.25) is 10.0 Å². The maximum atomic E-state index is 11.3. The van der Waals surface area contributed by atoms with Crippen LogP contribution in [0.25, 0.3) is 11.1 Å². The van der Waals surface area contributed by atoms with Gasteiger partial charge in [-0.05, 0) is 41.5 Å². The van der Waals surface area contributed by atoms with Crippen LogP contribution in [-0.4, -0.2) is 17.0 Å². The summed E-state index contributed by atoms with van der Waals surface area (Å²) >= 11 is 11.8. The first-order valence-corrected chi connectivity index (χ1v) is 6.28. The van der Waals surface area contributed by atoms with E-state index in [2.05, 4.69) is 0 Å². The zero-order valence-corrected chi connectivity index (χ0v) is 11.6. The number of hydrogen-bond donors (Lipinski definition) is 2. The number of rotatable bonds is 3. The van der Waals surface area contributed by atoms with Crippen LogP contribution in [0.4, 0.5) is 0 Å². The van der Waals surface area contributed by atoms with E-state index in [4.69, 9.17) is 28.9 Å². The van der Waals surface area contributed by atoms with Crippen molar-refractivity contribution in [2.75, 3.05) is 0 Å². The Morgan fingerprint density at radius 1 is 1.00 bits per heavy atom. The molecule has 4 nitrogen and oxygen atoms in total. The molecule has 1 amide bonds. The van der Waals surface area contributed by atoms with Crippen molar-refractivity contribution in [2.45, 2.75) is 0 Å². The first-order valence-electron chi connectivity index (χ1n) is 5.52. The fraction of sp³-hybridized carbons (Fsp3) is 0. The minimum Gasteiger partial charge on any atom is -0.478 e. The topological polar surface area (TPSA) is 80.4 Å². The fourth-order valence-corrected chi connectivity index (χ4v) is 2.21. The molecule has 0 radical (unpaired) electrons. The smallest absolute Gasteiger partial charge is 0.336 e. The average molecular weight is 310 g/mol. The van der Waals surface area contributed by atoms with Gasteiger partial charge in [0.1, 0.15) is 0 Å². The summed E-state index contributed by atoms with van der Waals surface area (Å²) in [7, 11) is 0. The van der Waals surface area contributed by atoms with Gasteiger partial charge in [0.25, 0.3) is 0 Å². The molecule has 0 aliphatic carbocycles. The van der Waals surface area contributed by atoms with Gasteiger partial charge in [0, 0.05) is 5.02 Å². The second-order valence-corrected chi connectivity index (χ2v) is 4.90. The molecule has 0 bridgehead atoms.